The Morgan fingerprint density at radius 3 is 1.67 bits per heavy atom. The topological polar surface area (TPSA) is 130 Å². The van der Waals surface area contributed by atoms with Gasteiger partial charge in [0.05, 0.1) is 26.4 Å². The Balaban J connectivity index is 0. The molecule has 0 unspecified atom stereocenters. The molecule has 0 rings (SSSR count). The van der Waals surface area contributed by atoms with Gasteiger partial charge in [-0.1, -0.05) is 6.08 Å². The second kappa shape index (κ2) is 12.9. The molecule has 3 N–H and O–H groups in total. The summed E-state index contributed by atoms with van der Waals surface area (Å²) in [5.41, 5.74) is 0. The predicted molar refractivity (Wildman–Crippen MR) is 63.5 cm³/mol. The fourth-order valence-corrected chi connectivity index (χ4v) is 1.15. The van der Waals surface area contributed by atoms with E-state index in [0.29, 0.717) is 19.6 Å². The van der Waals surface area contributed by atoms with Crippen molar-refractivity contribution in [1.82, 2.24) is 4.90 Å². The first-order valence-electron chi connectivity index (χ1n) is 5.17. The van der Waals surface area contributed by atoms with Gasteiger partial charge in [-0.25, -0.2) is 8.42 Å². The fraction of sp³-hybridized carbons (Fsp3) is 0.778. The molecule has 0 heterocycles. The molecule has 18 heavy (non-hydrogen) atoms. The fourth-order valence-electron chi connectivity index (χ4n) is 0.891. The van der Waals surface area contributed by atoms with Crippen molar-refractivity contribution in [3.05, 3.63) is 12.7 Å². The van der Waals surface area contributed by atoms with Crippen LogP contribution in [0.5, 0.6) is 0 Å². The highest BCUT2D eigenvalue weighted by molar-refractivity contribution is 7.80. The van der Waals surface area contributed by atoms with Crippen LogP contribution in [0.2, 0.25) is 0 Å². The van der Waals surface area contributed by atoms with Crippen molar-refractivity contribution in [1.29, 1.82) is 0 Å². The third kappa shape index (κ3) is 17.8. The van der Waals surface area contributed by atoms with Gasteiger partial charge < -0.3 is 19.9 Å². The second-order valence-electron chi connectivity index (χ2n) is 2.99. The first kappa shape index (κ1) is 19.8. The van der Waals surface area contributed by atoms with Gasteiger partial charge in [0.2, 0.25) is 10.4 Å². The highest BCUT2D eigenvalue weighted by atomic mass is 32.3. The van der Waals surface area contributed by atoms with E-state index in [4.69, 9.17) is 15.3 Å². The van der Waals surface area contributed by atoms with Crippen molar-refractivity contribution in [3.8, 4) is 0 Å². The molecule has 0 saturated carbocycles. The molecule has 0 aliphatic heterocycles. The van der Waals surface area contributed by atoms with Gasteiger partial charge in [0.1, 0.15) is 0 Å². The minimum Gasteiger partial charge on any atom is -0.726 e. The lowest BCUT2D eigenvalue weighted by Gasteiger charge is -2.17. The van der Waals surface area contributed by atoms with Gasteiger partial charge in [-0.3, -0.25) is 9.08 Å². The van der Waals surface area contributed by atoms with Crippen LogP contribution in [0.4, 0.5) is 0 Å². The van der Waals surface area contributed by atoms with Gasteiger partial charge in [0, 0.05) is 19.6 Å². The SMILES string of the molecule is C=CCOS(=O)(=O)[O-].OCCN(CCO)CCO. The average molecular weight is 286 g/mol. The zero-order valence-corrected chi connectivity index (χ0v) is 10.9. The van der Waals surface area contributed by atoms with Crippen LogP contribution in [0.1, 0.15) is 0 Å². The monoisotopic (exact) mass is 286 g/mol. The lowest BCUT2D eigenvalue weighted by atomic mass is 10.4. The molecule has 9 heteroatoms. The molecule has 0 amide bonds. The minimum absolute atomic E-state index is 0.0694. The Hall–Kier alpha value is -0.550. The maximum absolute atomic E-state index is 9.56. The van der Waals surface area contributed by atoms with Crippen LogP contribution in [-0.4, -0.2) is 79.3 Å². The molecule has 0 aliphatic rings. The highest BCUT2D eigenvalue weighted by Gasteiger charge is 2.00. The van der Waals surface area contributed by atoms with Gasteiger partial charge in [-0.05, 0) is 0 Å². The van der Waals surface area contributed by atoms with Crippen LogP contribution in [0.15, 0.2) is 12.7 Å². The van der Waals surface area contributed by atoms with Gasteiger partial charge in [-0.2, -0.15) is 0 Å². The maximum Gasteiger partial charge on any atom is 0.217 e. The lowest BCUT2D eigenvalue weighted by molar-refractivity contribution is 0.136. The van der Waals surface area contributed by atoms with E-state index in [2.05, 4.69) is 10.8 Å². The predicted octanol–water partition coefficient (Wildman–Crippen LogP) is -2.09. The molecule has 0 aromatic rings. The lowest BCUT2D eigenvalue weighted by Crippen LogP contribution is -2.32. The summed E-state index contributed by atoms with van der Waals surface area (Å²) in [7, 11) is -4.51. The minimum atomic E-state index is -4.51. The van der Waals surface area contributed by atoms with E-state index in [0.717, 1.165) is 0 Å². The molecular weight excluding hydrogens is 266 g/mol. The smallest absolute Gasteiger partial charge is 0.217 e. The van der Waals surface area contributed by atoms with Crippen LogP contribution in [0.3, 0.4) is 0 Å². The van der Waals surface area contributed by atoms with Crippen LogP contribution < -0.4 is 0 Å². The van der Waals surface area contributed by atoms with Crippen molar-refractivity contribution in [2.24, 2.45) is 0 Å². The largest absolute Gasteiger partial charge is 0.726 e. The quantitative estimate of drug-likeness (QED) is 0.250. The van der Waals surface area contributed by atoms with Crippen LogP contribution in [0, 0.1) is 0 Å². The molecule has 0 atom stereocenters. The summed E-state index contributed by atoms with van der Waals surface area (Å²) in [4.78, 5) is 1.79. The molecular formula is C9H20NO7S-. The molecule has 0 aliphatic carbocycles. The highest BCUT2D eigenvalue weighted by Crippen LogP contribution is 1.84. The van der Waals surface area contributed by atoms with E-state index in [1.54, 1.807) is 4.90 Å². The number of hydrogen-bond donors (Lipinski definition) is 3. The summed E-state index contributed by atoms with van der Waals surface area (Å²) in [6.07, 6.45) is 1.18. The Labute approximate surface area is 107 Å². The van der Waals surface area contributed by atoms with E-state index >= 15 is 0 Å². The van der Waals surface area contributed by atoms with E-state index in [-0.39, 0.29) is 26.4 Å². The Morgan fingerprint density at radius 1 is 1.11 bits per heavy atom. The Bertz CT molecular complexity index is 266. The van der Waals surface area contributed by atoms with Crippen molar-refractivity contribution in [3.63, 3.8) is 0 Å². The molecule has 8 nitrogen and oxygen atoms in total. The zero-order chi connectivity index (χ0) is 14.4. The number of aliphatic hydroxyl groups excluding tert-OH is 3. The van der Waals surface area contributed by atoms with Crippen molar-refractivity contribution < 1.29 is 32.5 Å². The molecule has 0 bridgehead atoms. The maximum atomic E-state index is 9.56. The molecule has 0 fully saturated rings. The van der Waals surface area contributed by atoms with Crippen molar-refractivity contribution in [2.75, 3.05) is 46.1 Å². The molecule has 0 spiro atoms. The summed E-state index contributed by atoms with van der Waals surface area (Å²) >= 11 is 0. The standard InChI is InChI=1S/C6H15NO3.C3H6O4S/c8-4-1-7(2-5-9)3-6-10;1-2-3-7-8(4,5)6/h8-10H,1-6H2;2H,1,3H2,(H,4,5,6)/p-1. The van der Waals surface area contributed by atoms with E-state index in [1.165, 1.54) is 6.08 Å². The Morgan fingerprint density at radius 2 is 1.50 bits per heavy atom. The number of aliphatic hydroxyl groups is 3. The van der Waals surface area contributed by atoms with Gasteiger partial charge in [-0.15, -0.1) is 6.58 Å². The van der Waals surface area contributed by atoms with Crippen LogP contribution in [-0.2, 0) is 14.6 Å². The van der Waals surface area contributed by atoms with Gasteiger partial charge in [0.25, 0.3) is 0 Å². The normalized spacial score (nSPS) is 10.9. The molecule has 0 radical (unpaired) electrons. The van der Waals surface area contributed by atoms with E-state index in [1.807, 2.05) is 0 Å². The van der Waals surface area contributed by atoms with E-state index in [9.17, 15) is 13.0 Å². The Kier molecular flexibility index (Phi) is 14.2. The summed E-state index contributed by atoms with van der Waals surface area (Å²) in [5.74, 6) is 0. The third-order valence-electron chi connectivity index (χ3n) is 1.58. The number of hydrogen-bond acceptors (Lipinski definition) is 8. The molecule has 0 aromatic carbocycles. The molecule has 0 aromatic heterocycles. The van der Waals surface area contributed by atoms with E-state index < -0.39 is 10.4 Å². The second-order valence-corrected chi connectivity index (χ2v) is 4.05. The first-order valence-corrected chi connectivity index (χ1v) is 6.50. The van der Waals surface area contributed by atoms with Gasteiger partial charge >= 0.3 is 0 Å². The zero-order valence-electron chi connectivity index (χ0n) is 10.1. The molecule has 0 saturated heterocycles. The third-order valence-corrected chi connectivity index (χ3v) is 2.00. The number of nitrogens with zero attached hydrogens (tertiary/aromatic N) is 1. The molecule has 110 valence electrons. The summed E-state index contributed by atoms with van der Waals surface area (Å²) in [5, 5.41) is 25.5. The van der Waals surface area contributed by atoms with Crippen LogP contribution in [0.25, 0.3) is 0 Å². The number of rotatable bonds is 9. The summed E-state index contributed by atoms with van der Waals surface area (Å²) in [6, 6.07) is 0. The summed E-state index contributed by atoms with van der Waals surface area (Å²) < 4.78 is 32.4. The van der Waals surface area contributed by atoms with Crippen molar-refractivity contribution >= 4 is 10.4 Å². The van der Waals surface area contributed by atoms with Crippen molar-refractivity contribution in [2.45, 2.75) is 0 Å². The average Bonchev–Trinajstić information content (AvgIpc) is 2.27. The summed E-state index contributed by atoms with van der Waals surface area (Å²) in [6.45, 7) is 4.63. The van der Waals surface area contributed by atoms with Crippen LogP contribution >= 0.6 is 0 Å². The first-order chi connectivity index (χ1) is 8.41. The van der Waals surface area contributed by atoms with Gasteiger partial charge in [0.15, 0.2) is 0 Å².